The third-order valence-electron chi connectivity index (χ3n) is 5.52. The minimum atomic E-state index is 0.102. The van der Waals surface area contributed by atoms with Gasteiger partial charge in [-0.15, -0.1) is 16.4 Å². The average molecular weight is 467 g/mol. The van der Waals surface area contributed by atoms with Gasteiger partial charge in [-0.1, -0.05) is 23.9 Å². The SMILES string of the molecule is COc1ccc(-n2nnnc2SCC(=O)N2CCCC(c3nc4ccccc4s3)C2)cc1. The Labute approximate surface area is 193 Å². The van der Waals surface area contributed by atoms with Crippen LogP contribution in [0.2, 0.25) is 0 Å². The molecule has 0 radical (unpaired) electrons. The van der Waals surface area contributed by atoms with E-state index < -0.39 is 0 Å². The predicted molar refractivity (Wildman–Crippen MR) is 125 cm³/mol. The van der Waals surface area contributed by atoms with Gasteiger partial charge >= 0.3 is 0 Å². The van der Waals surface area contributed by atoms with E-state index in [-0.39, 0.29) is 5.91 Å². The molecule has 0 bridgehead atoms. The number of rotatable bonds is 6. The summed E-state index contributed by atoms with van der Waals surface area (Å²) in [4.78, 5) is 19.7. The number of likely N-dealkylation sites (tertiary alicyclic amines) is 1. The van der Waals surface area contributed by atoms with Gasteiger partial charge in [0.1, 0.15) is 5.75 Å². The van der Waals surface area contributed by atoms with E-state index >= 15 is 0 Å². The van der Waals surface area contributed by atoms with E-state index in [4.69, 9.17) is 9.72 Å². The lowest BCUT2D eigenvalue weighted by molar-refractivity contribution is -0.129. The first-order valence-corrected chi connectivity index (χ1v) is 12.2. The molecule has 0 N–H and O–H groups in total. The van der Waals surface area contributed by atoms with Crippen LogP contribution in [0.1, 0.15) is 23.8 Å². The van der Waals surface area contributed by atoms with E-state index in [0.29, 0.717) is 23.4 Å². The van der Waals surface area contributed by atoms with Crippen molar-refractivity contribution in [1.29, 1.82) is 0 Å². The number of thioether (sulfide) groups is 1. The van der Waals surface area contributed by atoms with Gasteiger partial charge < -0.3 is 9.64 Å². The summed E-state index contributed by atoms with van der Waals surface area (Å²) in [5.41, 5.74) is 1.86. The Morgan fingerprint density at radius 3 is 2.88 bits per heavy atom. The van der Waals surface area contributed by atoms with Gasteiger partial charge in [-0.2, -0.15) is 4.68 Å². The Kier molecular flexibility index (Phi) is 6.04. The number of tetrazole rings is 1. The summed E-state index contributed by atoms with van der Waals surface area (Å²) >= 11 is 3.09. The smallest absolute Gasteiger partial charge is 0.233 e. The monoisotopic (exact) mass is 466 g/mol. The molecule has 10 heteroatoms. The quantitative estimate of drug-likeness (QED) is 0.400. The highest BCUT2D eigenvalue weighted by molar-refractivity contribution is 7.99. The van der Waals surface area contributed by atoms with Crippen LogP contribution in [0.25, 0.3) is 15.9 Å². The number of hydrogen-bond acceptors (Lipinski definition) is 8. The second kappa shape index (κ2) is 9.25. The normalized spacial score (nSPS) is 16.4. The van der Waals surface area contributed by atoms with Crippen LogP contribution in [0.4, 0.5) is 0 Å². The number of amides is 1. The summed E-state index contributed by atoms with van der Waals surface area (Å²) in [6.07, 6.45) is 2.05. The molecule has 5 rings (SSSR count). The van der Waals surface area contributed by atoms with E-state index in [0.717, 1.165) is 41.3 Å². The maximum atomic E-state index is 13.0. The number of methoxy groups -OCH3 is 1. The molecule has 8 nitrogen and oxygen atoms in total. The molecule has 1 unspecified atom stereocenters. The van der Waals surface area contributed by atoms with E-state index in [1.54, 1.807) is 23.1 Å². The zero-order valence-electron chi connectivity index (χ0n) is 17.5. The molecule has 4 aromatic rings. The fraction of sp³-hybridized carbons (Fsp3) is 0.318. The zero-order valence-corrected chi connectivity index (χ0v) is 19.2. The molecule has 1 saturated heterocycles. The van der Waals surface area contributed by atoms with Crippen molar-refractivity contribution in [2.24, 2.45) is 0 Å². The van der Waals surface area contributed by atoms with Crippen molar-refractivity contribution < 1.29 is 9.53 Å². The number of carbonyl (C=O) groups excluding carboxylic acids is 1. The van der Waals surface area contributed by atoms with Crippen molar-refractivity contribution in [3.63, 3.8) is 0 Å². The van der Waals surface area contributed by atoms with Crippen molar-refractivity contribution in [2.75, 3.05) is 26.0 Å². The molecule has 2 aromatic heterocycles. The van der Waals surface area contributed by atoms with Gasteiger partial charge in [0.25, 0.3) is 0 Å². The van der Waals surface area contributed by atoms with Crippen LogP contribution in [0.5, 0.6) is 5.75 Å². The van der Waals surface area contributed by atoms with Crippen LogP contribution in [0.3, 0.4) is 0 Å². The molecule has 1 atom stereocenters. The lowest BCUT2D eigenvalue weighted by Crippen LogP contribution is -2.40. The number of hydrogen-bond donors (Lipinski definition) is 0. The molecule has 1 fully saturated rings. The molecule has 0 spiro atoms. The van der Waals surface area contributed by atoms with Gasteiger partial charge in [0.05, 0.1) is 33.8 Å². The number of nitrogens with zero attached hydrogens (tertiary/aromatic N) is 6. The summed E-state index contributed by atoms with van der Waals surface area (Å²) in [5.74, 6) is 1.45. The predicted octanol–water partition coefficient (Wildman–Crippen LogP) is 3.78. The number of thiazole rings is 1. The zero-order chi connectivity index (χ0) is 21.9. The Hall–Kier alpha value is -2.98. The first-order valence-electron chi connectivity index (χ1n) is 10.4. The van der Waals surface area contributed by atoms with Crippen LogP contribution in [0, 0.1) is 0 Å². The fourth-order valence-electron chi connectivity index (χ4n) is 3.84. The summed E-state index contributed by atoms with van der Waals surface area (Å²) in [7, 11) is 1.63. The topological polar surface area (TPSA) is 86.0 Å². The lowest BCUT2D eigenvalue weighted by atomic mass is 9.99. The number of aromatic nitrogens is 5. The molecule has 2 aromatic carbocycles. The maximum Gasteiger partial charge on any atom is 0.233 e. The molecular weight excluding hydrogens is 444 g/mol. The Morgan fingerprint density at radius 2 is 2.06 bits per heavy atom. The number of piperidine rings is 1. The average Bonchev–Trinajstić information content (AvgIpc) is 3.50. The third kappa shape index (κ3) is 4.33. The van der Waals surface area contributed by atoms with Crippen LogP contribution < -0.4 is 4.74 Å². The van der Waals surface area contributed by atoms with Gasteiger partial charge in [0.2, 0.25) is 11.1 Å². The molecule has 0 saturated carbocycles. The Balaban J connectivity index is 1.23. The van der Waals surface area contributed by atoms with Gasteiger partial charge in [-0.25, -0.2) is 4.98 Å². The van der Waals surface area contributed by atoms with Crippen molar-refractivity contribution in [1.82, 2.24) is 30.1 Å². The maximum absolute atomic E-state index is 13.0. The first kappa shape index (κ1) is 20.9. The molecule has 3 heterocycles. The largest absolute Gasteiger partial charge is 0.497 e. The van der Waals surface area contributed by atoms with Crippen LogP contribution in [-0.2, 0) is 4.79 Å². The highest BCUT2D eigenvalue weighted by atomic mass is 32.2. The fourth-order valence-corrected chi connectivity index (χ4v) is 5.73. The van der Waals surface area contributed by atoms with E-state index in [2.05, 4.69) is 21.6 Å². The highest BCUT2D eigenvalue weighted by Gasteiger charge is 2.27. The molecule has 1 aliphatic rings. The summed E-state index contributed by atoms with van der Waals surface area (Å²) in [6, 6.07) is 15.7. The molecule has 164 valence electrons. The minimum absolute atomic E-state index is 0.102. The van der Waals surface area contributed by atoms with Crippen LogP contribution >= 0.6 is 23.1 Å². The second-order valence-electron chi connectivity index (χ2n) is 7.56. The number of carbonyl (C=O) groups is 1. The van der Waals surface area contributed by atoms with Crippen LogP contribution in [0.15, 0.2) is 53.7 Å². The van der Waals surface area contributed by atoms with E-state index in [9.17, 15) is 4.79 Å². The number of ether oxygens (including phenoxy) is 1. The molecular formula is C22H22N6O2S2. The standard InChI is InChI=1S/C22H22N6O2S2/c1-30-17-10-8-16(9-11-17)28-22(24-25-26-28)31-14-20(29)27-12-4-5-15(13-27)21-23-18-6-2-3-7-19(18)32-21/h2-3,6-11,15H,4-5,12-14H2,1H3. The Bertz CT molecular complexity index is 1190. The van der Waals surface area contributed by atoms with Gasteiger partial charge in [0.15, 0.2) is 0 Å². The van der Waals surface area contributed by atoms with Gasteiger partial charge in [0, 0.05) is 19.0 Å². The molecule has 1 amide bonds. The van der Waals surface area contributed by atoms with Crippen LogP contribution in [-0.4, -0.2) is 62.0 Å². The molecule has 0 aliphatic carbocycles. The van der Waals surface area contributed by atoms with Crippen molar-refractivity contribution in [3.05, 3.63) is 53.5 Å². The van der Waals surface area contributed by atoms with Gasteiger partial charge in [-0.3, -0.25) is 4.79 Å². The number of benzene rings is 2. The first-order chi connectivity index (χ1) is 15.7. The Morgan fingerprint density at radius 1 is 1.22 bits per heavy atom. The lowest BCUT2D eigenvalue weighted by Gasteiger charge is -2.31. The summed E-state index contributed by atoms with van der Waals surface area (Å²) in [6.45, 7) is 1.49. The van der Waals surface area contributed by atoms with E-state index in [1.807, 2.05) is 47.4 Å². The molecule has 1 aliphatic heterocycles. The highest BCUT2D eigenvalue weighted by Crippen LogP contribution is 2.33. The number of para-hydroxylation sites is 1. The number of fused-ring (bicyclic) bond motifs is 1. The van der Waals surface area contributed by atoms with Crippen molar-refractivity contribution in [3.8, 4) is 11.4 Å². The summed E-state index contributed by atoms with van der Waals surface area (Å²) < 4.78 is 8.04. The minimum Gasteiger partial charge on any atom is -0.497 e. The third-order valence-corrected chi connectivity index (χ3v) is 7.62. The van der Waals surface area contributed by atoms with Crippen molar-refractivity contribution >= 4 is 39.2 Å². The molecule has 32 heavy (non-hydrogen) atoms. The second-order valence-corrected chi connectivity index (χ2v) is 9.56. The van der Waals surface area contributed by atoms with Gasteiger partial charge in [-0.05, 0) is 59.7 Å². The van der Waals surface area contributed by atoms with Crippen molar-refractivity contribution in [2.45, 2.75) is 23.9 Å². The summed E-state index contributed by atoms with van der Waals surface area (Å²) in [5, 5.41) is 13.7. The van der Waals surface area contributed by atoms with E-state index in [1.165, 1.54) is 16.5 Å².